The number of para-hydroxylation sites is 1. The maximum Gasteiger partial charge on any atom is 0.263 e. The molecule has 5 aromatic rings. The number of pyridine rings is 1. The van der Waals surface area contributed by atoms with E-state index in [0.717, 1.165) is 64.9 Å². The summed E-state index contributed by atoms with van der Waals surface area (Å²) in [6, 6.07) is 23.7. The molecule has 3 aromatic carbocycles. The van der Waals surface area contributed by atoms with Crippen LogP contribution in [0.15, 0.2) is 112 Å². The molecule has 0 saturated carbocycles. The molecule has 0 saturated heterocycles. The van der Waals surface area contributed by atoms with Gasteiger partial charge in [0, 0.05) is 39.1 Å². The summed E-state index contributed by atoms with van der Waals surface area (Å²) in [6.45, 7) is 2.26. The zero-order valence-corrected chi connectivity index (χ0v) is 25.3. The molecule has 2 aromatic heterocycles. The number of nitrogens with zero attached hydrogens (tertiary/aromatic N) is 1. The molecule has 8 rings (SSSR count). The molecule has 0 fully saturated rings. The Morgan fingerprint density at radius 2 is 1.82 bits per heavy atom. The number of hydrogen-bond donors (Lipinski definition) is 0. The minimum atomic E-state index is 0.0552. The molecule has 0 amide bonds. The van der Waals surface area contributed by atoms with Crippen molar-refractivity contribution in [1.82, 2.24) is 4.57 Å². The lowest BCUT2D eigenvalue weighted by Crippen LogP contribution is -2.24. The van der Waals surface area contributed by atoms with Gasteiger partial charge in [0.05, 0.1) is 5.52 Å². The summed E-state index contributed by atoms with van der Waals surface area (Å²) in [6.07, 6.45) is 22.8. The Kier molecular flexibility index (Phi) is 6.82. The Hall–Kier alpha value is -4.63. The Morgan fingerprint density at radius 1 is 0.932 bits per heavy atom. The first kappa shape index (κ1) is 27.0. The fraction of sp³-hybridized carbons (Fsp3) is 0.244. The first-order valence-corrected chi connectivity index (χ1v) is 16.3. The van der Waals surface area contributed by atoms with Gasteiger partial charge in [0.25, 0.3) is 5.56 Å². The molecule has 0 spiro atoms. The Morgan fingerprint density at radius 3 is 2.66 bits per heavy atom. The van der Waals surface area contributed by atoms with Gasteiger partial charge in [-0.25, -0.2) is 0 Å². The first-order valence-electron chi connectivity index (χ1n) is 16.3. The second-order valence-corrected chi connectivity index (χ2v) is 12.5. The lowest BCUT2D eigenvalue weighted by molar-refractivity contribution is 0.547. The molecular weight excluding hydrogens is 538 g/mol. The topological polar surface area (TPSA) is 35.1 Å². The molecule has 2 unspecified atom stereocenters. The second-order valence-electron chi connectivity index (χ2n) is 12.5. The van der Waals surface area contributed by atoms with Crippen LogP contribution < -0.4 is 5.56 Å². The number of hydrogen-bond acceptors (Lipinski definition) is 2. The average Bonchev–Trinajstić information content (AvgIpc) is 3.48. The molecule has 44 heavy (non-hydrogen) atoms. The van der Waals surface area contributed by atoms with Crippen LogP contribution in [0.3, 0.4) is 0 Å². The lowest BCUT2D eigenvalue weighted by Gasteiger charge is -2.23. The smallest absolute Gasteiger partial charge is 0.263 e. The van der Waals surface area contributed by atoms with E-state index in [0.29, 0.717) is 11.8 Å². The molecule has 0 aliphatic heterocycles. The molecule has 3 nitrogen and oxygen atoms in total. The largest absolute Gasteiger partial charge is 0.456 e. The third kappa shape index (κ3) is 4.45. The highest BCUT2D eigenvalue weighted by Crippen LogP contribution is 2.45. The van der Waals surface area contributed by atoms with Crippen molar-refractivity contribution < 1.29 is 4.42 Å². The van der Waals surface area contributed by atoms with Gasteiger partial charge in [-0.2, -0.15) is 0 Å². The highest BCUT2D eigenvalue weighted by atomic mass is 16.3. The summed E-state index contributed by atoms with van der Waals surface area (Å²) in [5.74, 6) is 1.86. The van der Waals surface area contributed by atoms with E-state index in [1.807, 2.05) is 10.6 Å². The maximum absolute atomic E-state index is 14.1. The zero-order chi connectivity index (χ0) is 29.6. The molecule has 0 N–H and O–H groups in total. The van der Waals surface area contributed by atoms with Crippen LogP contribution in [0.1, 0.15) is 90.9 Å². The van der Waals surface area contributed by atoms with Crippen molar-refractivity contribution in [2.24, 2.45) is 0 Å². The van der Waals surface area contributed by atoms with Crippen LogP contribution in [0.25, 0.3) is 39.2 Å². The number of rotatable bonds is 6. The lowest BCUT2D eigenvalue weighted by atomic mass is 9.81. The Labute approximate surface area is 258 Å². The van der Waals surface area contributed by atoms with Crippen LogP contribution in [0.2, 0.25) is 0 Å². The van der Waals surface area contributed by atoms with Gasteiger partial charge in [-0.05, 0) is 85.0 Å². The van der Waals surface area contributed by atoms with E-state index in [4.69, 9.17) is 4.42 Å². The number of unbranched alkanes of at least 4 members (excludes halogenated alkanes) is 1. The predicted octanol–water partition coefficient (Wildman–Crippen LogP) is 10.4. The average molecular weight is 576 g/mol. The summed E-state index contributed by atoms with van der Waals surface area (Å²) >= 11 is 0. The summed E-state index contributed by atoms with van der Waals surface area (Å²) in [5, 5.41) is 2.43. The van der Waals surface area contributed by atoms with Crippen LogP contribution in [0.5, 0.6) is 0 Å². The number of allylic oxidation sites excluding steroid dienone is 6. The third-order valence-corrected chi connectivity index (χ3v) is 9.84. The second kappa shape index (κ2) is 11.1. The maximum atomic E-state index is 14.1. The minimum Gasteiger partial charge on any atom is -0.456 e. The van der Waals surface area contributed by atoms with Crippen LogP contribution in [-0.4, -0.2) is 4.57 Å². The minimum absolute atomic E-state index is 0.0552. The van der Waals surface area contributed by atoms with Gasteiger partial charge in [0.1, 0.15) is 11.3 Å². The Bertz CT molecular complexity index is 2080. The molecule has 3 heteroatoms. The molecule has 218 valence electrons. The van der Waals surface area contributed by atoms with Crippen LogP contribution >= 0.6 is 0 Å². The van der Waals surface area contributed by atoms with E-state index in [9.17, 15) is 4.79 Å². The molecule has 0 radical (unpaired) electrons. The van der Waals surface area contributed by atoms with E-state index in [-0.39, 0.29) is 5.56 Å². The van der Waals surface area contributed by atoms with Gasteiger partial charge >= 0.3 is 0 Å². The normalized spacial score (nSPS) is 18.9. The Balaban J connectivity index is 1.22. The van der Waals surface area contributed by atoms with Crippen molar-refractivity contribution in [2.75, 3.05) is 0 Å². The van der Waals surface area contributed by atoms with Gasteiger partial charge in [-0.15, -0.1) is 0 Å². The van der Waals surface area contributed by atoms with Gasteiger partial charge < -0.3 is 4.42 Å². The molecular formula is C41H37NO2. The van der Waals surface area contributed by atoms with Crippen molar-refractivity contribution in [2.45, 2.75) is 63.7 Å². The summed E-state index contributed by atoms with van der Waals surface area (Å²) in [5.41, 5.74) is 9.83. The van der Waals surface area contributed by atoms with Gasteiger partial charge in [-0.3, -0.25) is 9.36 Å². The molecule has 3 aliphatic rings. The number of aryl methyl sites for hydroxylation is 1. The van der Waals surface area contributed by atoms with Crippen LogP contribution in [0, 0.1) is 0 Å². The monoisotopic (exact) mass is 575 g/mol. The van der Waals surface area contributed by atoms with Crippen LogP contribution in [-0.2, 0) is 6.42 Å². The number of fused-ring (bicyclic) bond motifs is 6. The fourth-order valence-electron chi connectivity index (χ4n) is 7.57. The van der Waals surface area contributed by atoms with Crippen molar-refractivity contribution in [3.05, 3.63) is 147 Å². The standard InChI is InChI=1S/C41H37NO2/c1-2-3-11-29-20-24-32(40-39(29)35-16-9-10-17-38(35)44-40)28-18-22-31(23-19-28)42-37-25-21-30(27-12-5-4-6-13-27)26-36(37)33-14-7-8-15-34(33)41(42)43/h4-6,8-10,12,15-19,21-27,29H,2-3,7,11,13-14,20H2,1H3. The third-order valence-electron chi connectivity index (χ3n) is 9.84. The van der Waals surface area contributed by atoms with Gasteiger partial charge in [0.2, 0.25) is 0 Å². The van der Waals surface area contributed by atoms with Crippen molar-refractivity contribution in [1.29, 1.82) is 0 Å². The molecule has 0 bridgehead atoms. The summed E-state index contributed by atoms with van der Waals surface area (Å²) in [4.78, 5) is 14.1. The van der Waals surface area contributed by atoms with Gasteiger partial charge in [-0.1, -0.05) is 98.7 Å². The van der Waals surface area contributed by atoms with E-state index in [1.165, 1.54) is 46.7 Å². The molecule has 3 aliphatic carbocycles. The first-order chi connectivity index (χ1) is 21.7. The van der Waals surface area contributed by atoms with Crippen molar-refractivity contribution >= 4 is 33.5 Å². The van der Waals surface area contributed by atoms with E-state index in [1.54, 1.807) is 0 Å². The van der Waals surface area contributed by atoms with Gasteiger partial charge in [0.15, 0.2) is 0 Å². The van der Waals surface area contributed by atoms with E-state index < -0.39 is 0 Å². The molecule has 2 atom stereocenters. The number of furan rings is 1. The number of benzene rings is 3. The summed E-state index contributed by atoms with van der Waals surface area (Å²) in [7, 11) is 0. The van der Waals surface area contributed by atoms with E-state index in [2.05, 4.69) is 110 Å². The highest BCUT2D eigenvalue weighted by molar-refractivity contribution is 5.92. The highest BCUT2D eigenvalue weighted by Gasteiger charge is 2.28. The van der Waals surface area contributed by atoms with Crippen LogP contribution in [0.4, 0.5) is 0 Å². The quantitative estimate of drug-likeness (QED) is 0.202. The predicted molar refractivity (Wildman–Crippen MR) is 183 cm³/mol. The summed E-state index contributed by atoms with van der Waals surface area (Å²) < 4.78 is 8.46. The fourth-order valence-corrected chi connectivity index (χ4v) is 7.57. The molecule has 2 heterocycles. The van der Waals surface area contributed by atoms with E-state index >= 15 is 0 Å². The van der Waals surface area contributed by atoms with Crippen molar-refractivity contribution in [3.63, 3.8) is 0 Å². The SMILES string of the molecule is CCCCC1CC=C(c2ccc(-n3c(=O)c4c(c5cc(C6C=CC=CC6)ccc53)CCC=C4)cc2)c2oc3ccccc3c21. The number of aromatic nitrogens is 1. The van der Waals surface area contributed by atoms with Crippen molar-refractivity contribution in [3.8, 4) is 5.69 Å². The zero-order valence-electron chi connectivity index (χ0n) is 25.3.